The molecule has 0 bridgehead atoms. The van der Waals surface area contributed by atoms with Crippen molar-refractivity contribution in [1.29, 1.82) is 0 Å². The van der Waals surface area contributed by atoms with Gasteiger partial charge in [0.05, 0.1) is 0 Å². The first kappa shape index (κ1) is 9.52. The van der Waals surface area contributed by atoms with Crippen molar-refractivity contribution < 1.29 is 4.79 Å². The fourth-order valence-electron chi connectivity index (χ4n) is 1.16. The van der Waals surface area contributed by atoms with E-state index in [0.29, 0.717) is 17.7 Å². The van der Waals surface area contributed by atoms with Gasteiger partial charge in [0.2, 0.25) is 0 Å². The van der Waals surface area contributed by atoms with Gasteiger partial charge in [0.15, 0.2) is 5.78 Å². The van der Waals surface area contributed by atoms with E-state index in [4.69, 9.17) is 5.73 Å². The molecule has 2 nitrogen and oxygen atoms in total. The Balaban J connectivity index is 3.10. The van der Waals surface area contributed by atoms with Crippen LogP contribution in [0.2, 0.25) is 0 Å². The van der Waals surface area contributed by atoms with Crippen molar-refractivity contribution >= 4 is 11.5 Å². The predicted molar refractivity (Wildman–Crippen MR) is 54.8 cm³/mol. The molecule has 0 spiro atoms. The van der Waals surface area contributed by atoms with Crippen molar-refractivity contribution in [2.75, 3.05) is 5.73 Å². The first-order chi connectivity index (χ1) is 6.15. The highest BCUT2D eigenvalue weighted by Gasteiger charge is 2.02. The van der Waals surface area contributed by atoms with E-state index in [9.17, 15) is 4.79 Å². The second kappa shape index (κ2) is 3.90. The summed E-state index contributed by atoms with van der Waals surface area (Å²) < 4.78 is 0. The Bertz CT molecular complexity index is 342. The first-order valence-corrected chi connectivity index (χ1v) is 4.15. The minimum absolute atomic E-state index is 0.0605. The molecular formula is C11H13NO. The van der Waals surface area contributed by atoms with Crippen molar-refractivity contribution in [3.05, 3.63) is 42.0 Å². The quantitative estimate of drug-likeness (QED) is 0.434. The molecule has 0 fully saturated rings. The minimum Gasteiger partial charge on any atom is -0.398 e. The maximum atomic E-state index is 11.0. The highest BCUT2D eigenvalue weighted by atomic mass is 16.1. The molecule has 1 aromatic rings. The van der Waals surface area contributed by atoms with Gasteiger partial charge in [0, 0.05) is 11.3 Å². The smallest absolute Gasteiger partial charge is 0.159 e. The van der Waals surface area contributed by atoms with Crippen LogP contribution in [-0.4, -0.2) is 5.78 Å². The number of carbonyl (C=O) groups excluding carboxylic acids is 1. The molecule has 1 rings (SSSR count). The largest absolute Gasteiger partial charge is 0.398 e. The molecule has 68 valence electrons. The highest BCUT2D eigenvalue weighted by Crippen LogP contribution is 2.15. The number of nitrogen functional groups attached to an aromatic ring is 1. The van der Waals surface area contributed by atoms with Gasteiger partial charge in [-0.05, 0) is 37.1 Å². The Kier molecular flexibility index (Phi) is 2.85. The number of Topliss-reactive ketones (excluding diaryl/α,β-unsaturated/α-hetero) is 1. The molecule has 1 aromatic carbocycles. The Hall–Kier alpha value is -1.57. The summed E-state index contributed by atoms with van der Waals surface area (Å²) in [5.41, 5.74) is 8.09. The summed E-state index contributed by atoms with van der Waals surface area (Å²) in [5.74, 6) is 0.0605. The zero-order chi connectivity index (χ0) is 9.84. The van der Waals surface area contributed by atoms with Crippen LogP contribution in [0.1, 0.15) is 22.8 Å². The number of nitrogens with two attached hydrogens (primary N) is 1. The van der Waals surface area contributed by atoms with E-state index in [1.807, 2.05) is 6.07 Å². The molecule has 0 atom stereocenters. The molecule has 0 saturated carbocycles. The molecule has 0 aliphatic rings. The molecule has 0 aliphatic heterocycles. The number of hydrogen-bond acceptors (Lipinski definition) is 2. The van der Waals surface area contributed by atoms with Gasteiger partial charge in [0.1, 0.15) is 0 Å². The highest BCUT2D eigenvalue weighted by molar-refractivity contribution is 5.94. The molecular weight excluding hydrogens is 162 g/mol. The van der Waals surface area contributed by atoms with Crippen molar-refractivity contribution in [3.63, 3.8) is 0 Å². The number of benzene rings is 1. The fourth-order valence-corrected chi connectivity index (χ4v) is 1.16. The maximum Gasteiger partial charge on any atom is 0.159 e. The summed E-state index contributed by atoms with van der Waals surface area (Å²) in [7, 11) is 0. The number of carbonyl (C=O) groups is 1. The topological polar surface area (TPSA) is 43.1 Å². The van der Waals surface area contributed by atoms with Crippen LogP contribution in [0.25, 0.3) is 0 Å². The predicted octanol–water partition coefficient (Wildman–Crippen LogP) is 2.20. The molecule has 2 heteroatoms. The zero-order valence-electron chi connectivity index (χ0n) is 7.71. The summed E-state index contributed by atoms with van der Waals surface area (Å²) in [5, 5.41) is 0. The van der Waals surface area contributed by atoms with Gasteiger partial charge in [0.25, 0.3) is 0 Å². The van der Waals surface area contributed by atoms with Gasteiger partial charge in [-0.3, -0.25) is 4.79 Å². The van der Waals surface area contributed by atoms with E-state index in [-0.39, 0.29) is 5.78 Å². The summed E-state index contributed by atoms with van der Waals surface area (Å²) in [6.45, 7) is 5.18. The lowest BCUT2D eigenvalue weighted by Gasteiger charge is -2.04. The molecule has 0 saturated heterocycles. The van der Waals surface area contributed by atoms with E-state index in [1.165, 1.54) is 0 Å². The van der Waals surface area contributed by atoms with Crippen molar-refractivity contribution in [2.24, 2.45) is 0 Å². The van der Waals surface area contributed by atoms with E-state index >= 15 is 0 Å². The normalized spacial score (nSPS) is 9.62. The fraction of sp³-hybridized carbons (Fsp3) is 0.182. The summed E-state index contributed by atoms with van der Waals surface area (Å²) >= 11 is 0. The van der Waals surface area contributed by atoms with Crippen LogP contribution in [0.15, 0.2) is 30.9 Å². The number of rotatable bonds is 3. The molecule has 2 N–H and O–H groups in total. The third-order valence-electron chi connectivity index (χ3n) is 1.91. The monoisotopic (exact) mass is 175 g/mol. The van der Waals surface area contributed by atoms with Crippen LogP contribution in [0.5, 0.6) is 0 Å². The summed E-state index contributed by atoms with van der Waals surface area (Å²) in [6, 6.07) is 5.32. The third-order valence-corrected chi connectivity index (χ3v) is 1.91. The Labute approximate surface area is 78.1 Å². The molecule has 0 radical (unpaired) electrons. The van der Waals surface area contributed by atoms with E-state index in [2.05, 4.69) is 6.58 Å². The van der Waals surface area contributed by atoms with Gasteiger partial charge < -0.3 is 5.73 Å². The number of allylic oxidation sites excluding steroid dienone is 1. The van der Waals surface area contributed by atoms with Crippen LogP contribution < -0.4 is 5.73 Å². The Morgan fingerprint density at radius 2 is 2.31 bits per heavy atom. The third kappa shape index (κ3) is 2.18. The van der Waals surface area contributed by atoms with Crippen LogP contribution in [0, 0.1) is 0 Å². The standard InChI is InChI=1S/C11H13NO/c1-3-4-10-7-9(8(2)13)5-6-11(10)12/h3,5-7H,1,4,12H2,2H3. The molecule has 0 heterocycles. The van der Waals surface area contributed by atoms with Gasteiger partial charge in [-0.25, -0.2) is 0 Å². The van der Waals surface area contributed by atoms with Crippen molar-refractivity contribution in [1.82, 2.24) is 0 Å². The van der Waals surface area contributed by atoms with Crippen LogP contribution in [-0.2, 0) is 6.42 Å². The zero-order valence-corrected chi connectivity index (χ0v) is 7.71. The average Bonchev–Trinajstić information content (AvgIpc) is 2.08. The Morgan fingerprint density at radius 1 is 1.62 bits per heavy atom. The lowest BCUT2D eigenvalue weighted by Crippen LogP contribution is -1.98. The number of ketones is 1. The van der Waals surface area contributed by atoms with Gasteiger partial charge in [-0.15, -0.1) is 6.58 Å². The first-order valence-electron chi connectivity index (χ1n) is 4.15. The van der Waals surface area contributed by atoms with Crippen LogP contribution in [0.3, 0.4) is 0 Å². The van der Waals surface area contributed by atoms with E-state index < -0.39 is 0 Å². The summed E-state index contributed by atoms with van der Waals surface area (Å²) in [4.78, 5) is 11.0. The molecule has 13 heavy (non-hydrogen) atoms. The second-order valence-electron chi connectivity index (χ2n) is 2.96. The SMILES string of the molecule is C=CCc1cc(C(C)=O)ccc1N. The average molecular weight is 175 g/mol. The second-order valence-corrected chi connectivity index (χ2v) is 2.96. The number of anilines is 1. The van der Waals surface area contributed by atoms with E-state index in [1.54, 1.807) is 25.1 Å². The van der Waals surface area contributed by atoms with Crippen LogP contribution in [0.4, 0.5) is 5.69 Å². The lowest BCUT2D eigenvalue weighted by atomic mass is 10.0. The lowest BCUT2D eigenvalue weighted by molar-refractivity contribution is 0.101. The molecule has 0 aliphatic carbocycles. The van der Waals surface area contributed by atoms with Crippen molar-refractivity contribution in [2.45, 2.75) is 13.3 Å². The number of hydrogen-bond donors (Lipinski definition) is 1. The molecule has 0 unspecified atom stereocenters. The summed E-state index contributed by atoms with van der Waals surface area (Å²) in [6.07, 6.45) is 2.47. The van der Waals surface area contributed by atoms with Gasteiger partial charge in [-0.2, -0.15) is 0 Å². The molecule has 0 amide bonds. The van der Waals surface area contributed by atoms with Crippen molar-refractivity contribution in [3.8, 4) is 0 Å². The van der Waals surface area contributed by atoms with E-state index in [0.717, 1.165) is 5.56 Å². The maximum absolute atomic E-state index is 11.0. The van der Waals surface area contributed by atoms with Gasteiger partial charge in [-0.1, -0.05) is 6.08 Å². The van der Waals surface area contributed by atoms with Crippen LogP contribution >= 0.6 is 0 Å². The van der Waals surface area contributed by atoms with Gasteiger partial charge >= 0.3 is 0 Å². The molecule has 0 aromatic heterocycles. The Morgan fingerprint density at radius 3 is 2.85 bits per heavy atom. The minimum atomic E-state index is 0.0605.